The van der Waals surface area contributed by atoms with Gasteiger partial charge in [0, 0.05) is 16.7 Å². The van der Waals surface area contributed by atoms with Crippen molar-refractivity contribution in [2.75, 3.05) is 34.2 Å². The first-order valence-corrected chi connectivity index (χ1v) is 15.9. The van der Waals surface area contributed by atoms with Gasteiger partial charge < -0.3 is 53.2 Å². The highest BCUT2D eigenvalue weighted by Gasteiger charge is 2.56. The Morgan fingerprint density at radius 3 is 2.39 bits per heavy atom. The number of benzene rings is 2. The maximum Gasteiger partial charge on any atom is 0.310 e. The first-order valence-electron chi connectivity index (χ1n) is 15.0. The third-order valence-electron chi connectivity index (χ3n) is 9.54. The van der Waals surface area contributed by atoms with Crippen LogP contribution in [-0.2, 0) is 23.7 Å². The molecular formula is C32H33NO12S. The first kappa shape index (κ1) is 29.8. The molecule has 244 valence electrons. The van der Waals surface area contributed by atoms with Gasteiger partial charge in [0.1, 0.15) is 24.5 Å². The Kier molecular flexibility index (Phi) is 7.48. The van der Waals surface area contributed by atoms with Gasteiger partial charge in [-0.3, -0.25) is 10.1 Å². The molecule has 0 radical (unpaired) electrons. The van der Waals surface area contributed by atoms with Crippen molar-refractivity contribution in [1.82, 2.24) is 5.32 Å². The number of ether oxygens (including phenoxy) is 8. The van der Waals surface area contributed by atoms with Gasteiger partial charge in [-0.25, -0.2) is 0 Å². The molecule has 46 heavy (non-hydrogen) atoms. The van der Waals surface area contributed by atoms with Crippen molar-refractivity contribution in [2.24, 2.45) is 11.8 Å². The fourth-order valence-corrected chi connectivity index (χ4v) is 8.07. The Hall–Kier alpha value is -3.63. The quantitative estimate of drug-likeness (QED) is 0.287. The van der Waals surface area contributed by atoms with E-state index < -0.39 is 66.7 Å². The van der Waals surface area contributed by atoms with Gasteiger partial charge in [-0.05, 0) is 52.4 Å². The number of aliphatic hydroxyl groups is 2. The summed E-state index contributed by atoms with van der Waals surface area (Å²) in [7, 11) is 2.87. The number of aromatic hydroxyl groups is 1. The van der Waals surface area contributed by atoms with Crippen LogP contribution in [0.5, 0.6) is 28.7 Å². The molecule has 0 amide bonds. The van der Waals surface area contributed by atoms with E-state index in [-0.39, 0.29) is 37.3 Å². The highest BCUT2D eigenvalue weighted by atomic mass is 32.1. The number of aliphatic hydroxyl groups excluding tert-OH is 2. The van der Waals surface area contributed by atoms with Crippen LogP contribution in [0, 0.1) is 11.8 Å². The van der Waals surface area contributed by atoms with Gasteiger partial charge in [0.2, 0.25) is 12.5 Å². The summed E-state index contributed by atoms with van der Waals surface area (Å²) in [6, 6.07) is 10.2. The third-order valence-corrected chi connectivity index (χ3v) is 10.5. The van der Waals surface area contributed by atoms with Crippen molar-refractivity contribution in [3.05, 3.63) is 63.3 Å². The lowest BCUT2D eigenvalue weighted by Gasteiger charge is -2.48. The van der Waals surface area contributed by atoms with E-state index >= 15 is 0 Å². The van der Waals surface area contributed by atoms with E-state index in [2.05, 4.69) is 5.32 Å². The minimum absolute atomic E-state index is 0.0311. The highest BCUT2D eigenvalue weighted by Crippen LogP contribution is 2.57. The molecule has 2 aromatic carbocycles. The van der Waals surface area contributed by atoms with E-state index in [4.69, 9.17) is 37.9 Å². The second-order valence-corrected chi connectivity index (χ2v) is 12.9. The lowest BCUT2D eigenvalue weighted by Crippen LogP contribution is -2.67. The van der Waals surface area contributed by atoms with Crippen LogP contribution in [0.3, 0.4) is 0 Å². The third kappa shape index (κ3) is 4.70. The summed E-state index contributed by atoms with van der Waals surface area (Å²) in [6.07, 6.45) is -5.72. The summed E-state index contributed by atoms with van der Waals surface area (Å²) < 4.78 is 46.8. The minimum atomic E-state index is -1.41. The molecule has 3 aromatic rings. The van der Waals surface area contributed by atoms with Crippen molar-refractivity contribution in [1.29, 1.82) is 0 Å². The molecule has 3 saturated heterocycles. The molecule has 5 heterocycles. The number of methoxy groups -OCH3 is 2. The maximum absolute atomic E-state index is 13.5. The molecule has 0 spiro atoms. The Balaban J connectivity index is 1.16. The average molecular weight is 656 g/mol. The van der Waals surface area contributed by atoms with Gasteiger partial charge in [-0.1, -0.05) is 6.07 Å². The summed E-state index contributed by atoms with van der Waals surface area (Å²) >= 11 is 1.53. The summed E-state index contributed by atoms with van der Waals surface area (Å²) in [5.41, 5.74) is 2.04. The van der Waals surface area contributed by atoms with E-state index in [0.717, 1.165) is 4.88 Å². The van der Waals surface area contributed by atoms with Crippen molar-refractivity contribution in [3.63, 3.8) is 0 Å². The molecular weight excluding hydrogens is 622 g/mol. The Labute approximate surface area is 267 Å². The number of carbonyl (C=O) groups is 1. The van der Waals surface area contributed by atoms with Crippen LogP contribution in [0.2, 0.25) is 0 Å². The smallest absolute Gasteiger partial charge is 0.310 e. The summed E-state index contributed by atoms with van der Waals surface area (Å²) in [5, 5.41) is 38.4. The van der Waals surface area contributed by atoms with Crippen LogP contribution >= 0.6 is 11.3 Å². The van der Waals surface area contributed by atoms with E-state index in [1.54, 1.807) is 12.1 Å². The second kappa shape index (κ2) is 11.6. The molecule has 3 fully saturated rings. The number of phenols is 1. The van der Waals surface area contributed by atoms with Crippen molar-refractivity contribution < 1.29 is 58.0 Å². The largest absolute Gasteiger partial charge is 0.502 e. The predicted octanol–water partition coefficient (Wildman–Crippen LogP) is 2.33. The number of phenolic OH excluding ortho intramolecular Hbond substituents is 1. The summed E-state index contributed by atoms with van der Waals surface area (Å²) in [4.78, 5) is 14.4. The number of nitrogens with one attached hydrogen (secondary N) is 1. The van der Waals surface area contributed by atoms with Crippen molar-refractivity contribution >= 4 is 17.3 Å². The molecule has 14 heteroatoms. The Bertz CT molecular complexity index is 1610. The molecule has 8 rings (SSSR count). The highest BCUT2D eigenvalue weighted by molar-refractivity contribution is 7.10. The number of fused-ring (bicyclic) bond motifs is 4. The molecule has 0 bridgehead atoms. The van der Waals surface area contributed by atoms with E-state index in [1.165, 1.54) is 25.6 Å². The van der Waals surface area contributed by atoms with Crippen molar-refractivity contribution in [3.8, 4) is 28.7 Å². The van der Waals surface area contributed by atoms with Gasteiger partial charge in [-0.2, -0.15) is 0 Å². The number of carbonyl (C=O) groups excluding carboxylic acids is 1. The van der Waals surface area contributed by atoms with E-state index in [1.807, 2.05) is 29.6 Å². The lowest BCUT2D eigenvalue weighted by atomic mass is 9.66. The number of rotatable bonds is 6. The minimum Gasteiger partial charge on any atom is -0.502 e. The number of hydrogen-bond donors (Lipinski definition) is 4. The molecule has 10 unspecified atom stereocenters. The Morgan fingerprint density at radius 1 is 0.957 bits per heavy atom. The summed E-state index contributed by atoms with van der Waals surface area (Å²) in [5.74, 6) is -1.00. The first-order chi connectivity index (χ1) is 22.4. The van der Waals surface area contributed by atoms with Gasteiger partial charge in [0.15, 0.2) is 29.3 Å². The molecule has 0 saturated carbocycles. The Morgan fingerprint density at radius 2 is 1.70 bits per heavy atom. The fraction of sp³-hybridized carbons (Fsp3) is 0.469. The van der Waals surface area contributed by atoms with E-state index in [9.17, 15) is 20.1 Å². The van der Waals surface area contributed by atoms with Gasteiger partial charge in [0.05, 0.1) is 45.5 Å². The summed E-state index contributed by atoms with van der Waals surface area (Å²) in [6.45, 7) is 0.253. The molecule has 10 atom stereocenters. The molecule has 1 aromatic heterocycles. The molecule has 4 aliphatic heterocycles. The average Bonchev–Trinajstić information content (AvgIpc) is 3.85. The van der Waals surface area contributed by atoms with Gasteiger partial charge in [0.25, 0.3) is 0 Å². The number of cyclic esters (lactones) is 1. The second-order valence-electron chi connectivity index (χ2n) is 11.9. The monoisotopic (exact) mass is 655 g/mol. The van der Waals surface area contributed by atoms with Gasteiger partial charge in [-0.15, -0.1) is 11.3 Å². The van der Waals surface area contributed by atoms with Crippen LogP contribution < -0.4 is 24.3 Å². The van der Waals surface area contributed by atoms with Crippen molar-refractivity contribution in [2.45, 2.75) is 48.9 Å². The maximum atomic E-state index is 13.5. The standard InChI is InChI=1S/C32H33NO12S/c1-38-19-6-13(7-20(39-2)26(19)34)23-14-8-17-18(43-12-42-17)9-15(14)29(16-10-41-31(37)24(16)23)45-32-28(36)27(35)25-21(44-32)11-40-30(33-25)22-4-3-5-46-22/h3-9,16,21,23-25,27-30,32-36H,10-12H2,1-2H3. The number of hydrogen-bond acceptors (Lipinski definition) is 14. The zero-order valence-corrected chi connectivity index (χ0v) is 25.7. The van der Waals surface area contributed by atoms with Gasteiger partial charge >= 0.3 is 5.97 Å². The predicted molar refractivity (Wildman–Crippen MR) is 158 cm³/mol. The lowest BCUT2D eigenvalue weighted by molar-refractivity contribution is -0.315. The molecule has 1 aliphatic carbocycles. The SMILES string of the molecule is COc1cc(C2c3cc4c(cc3C(OC3OC5COC(c6cccs6)NC5C(O)C3O)C3COC(=O)C23)OCO4)cc(OC)c1O. The van der Waals surface area contributed by atoms with Crippen LogP contribution in [-0.4, -0.2) is 86.2 Å². The number of esters is 1. The van der Waals surface area contributed by atoms with E-state index in [0.29, 0.717) is 28.2 Å². The van der Waals surface area contributed by atoms with Crippen LogP contribution in [0.25, 0.3) is 0 Å². The topological polar surface area (TPSA) is 164 Å². The van der Waals surface area contributed by atoms with Crippen LogP contribution in [0.15, 0.2) is 41.8 Å². The zero-order chi connectivity index (χ0) is 31.7. The van der Waals surface area contributed by atoms with Crippen LogP contribution in [0.1, 0.15) is 39.8 Å². The number of thiophene rings is 1. The molecule has 4 N–H and O–H groups in total. The fourth-order valence-electron chi connectivity index (χ4n) is 7.34. The molecule has 13 nitrogen and oxygen atoms in total. The normalized spacial score (nSPS) is 34.3. The van der Waals surface area contributed by atoms with Crippen LogP contribution in [0.4, 0.5) is 0 Å². The molecule has 5 aliphatic rings. The zero-order valence-electron chi connectivity index (χ0n) is 24.9.